The summed E-state index contributed by atoms with van der Waals surface area (Å²) >= 11 is 0. The number of hydrogen-bond acceptors (Lipinski definition) is 5. The summed E-state index contributed by atoms with van der Waals surface area (Å²) in [5, 5.41) is 0. The highest BCUT2D eigenvalue weighted by molar-refractivity contribution is 5.92. The molecule has 6 nitrogen and oxygen atoms in total. The minimum Gasteiger partial charge on any atom is -0.497 e. The van der Waals surface area contributed by atoms with Gasteiger partial charge in [-0.15, -0.1) is 0 Å². The molecule has 0 aliphatic carbocycles. The van der Waals surface area contributed by atoms with Gasteiger partial charge >= 0.3 is 0 Å². The first-order chi connectivity index (χ1) is 14.6. The van der Waals surface area contributed by atoms with Gasteiger partial charge in [-0.05, 0) is 42.3 Å². The van der Waals surface area contributed by atoms with E-state index in [0.717, 1.165) is 42.3 Å². The van der Waals surface area contributed by atoms with E-state index in [0.29, 0.717) is 25.4 Å². The molecule has 1 amide bonds. The molecule has 1 aliphatic rings. The SMILES string of the molecule is CCCOc1ccc(/C=C/C(=O)N2CCN(c3cccc(OC)c3)CC2)cc1OC. The van der Waals surface area contributed by atoms with E-state index in [2.05, 4.69) is 17.9 Å². The first-order valence-electron chi connectivity index (χ1n) is 10.3. The summed E-state index contributed by atoms with van der Waals surface area (Å²) < 4.78 is 16.4. The fourth-order valence-electron chi connectivity index (χ4n) is 3.38. The molecule has 160 valence electrons. The summed E-state index contributed by atoms with van der Waals surface area (Å²) in [5.74, 6) is 2.25. The Balaban J connectivity index is 1.57. The van der Waals surface area contributed by atoms with Gasteiger partial charge in [0.25, 0.3) is 0 Å². The van der Waals surface area contributed by atoms with Crippen molar-refractivity contribution in [3.05, 3.63) is 54.1 Å². The molecule has 1 aliphatic heterocycles. The molecule has 0 radical (unpaired) electrons. The third kappa shape index (κ3) is 5.47. The normalized spacial score (nSPS) is 14.1. The van der Waals surface area contributed by atoms with Crippen molar-refractivity contribution in [3.8, 4) is 17.2 Å². The first kappa shape index (κ1) is 21.6. The fourth-order valence-corrected chi connectivity index (χ4v) is 3.38. The van der Waals surface area contributed by atoms with E-state index in [9.17, 15) is 4.79 Å². The van der Waals surface area contributed by atoms with E-state index in [4.69, 9.17) is 14.2 Å². The third-order valence-corrected chi connectivity index (χ3v) is 5.08. The van der Waals surface area contributed by atoms with Crippen molar-refractivity contribution in [2.24, 2.45) is 0 Å². The van der Waals surface area contributed by atoms with Crippen LogP contribution in [0.1, 0.15) is 18.9 Å². The van der Waals surface area contributed by atoms with Crippen LogP contribution < -0.4 is 19.1 Å². The lowest BCUT2D eigenvalue weighted by molar-refractivity contribution is -0.126. The lowest BCUT2D eigenvalue weighted by atomic mass is 10.1. The van der Waals surface area contributed by atoms with Crippen LogP contribution in [0.5, 0.6) is 17.2 Å². The number of carbonyl (C=O) groups is 1. The highest BCUT2D eigenvalue weighted by atomic mass is 16.5. The van der Waals surface area contributed by atoms with Gasteiger partial charge in [0.15, 0.2) is 11.5 Å². The van der Waals surface area contributed by atoms with Crippen LogP contribution in [0.2, 0.25) is 0 Å². The van der Waals surface area contributed by atoms with Crippen LogP contribution in [0.4, 0.5) is 5.69 Å². The highest BCUT2D eigenvalue weighted by Crippen LogP contribution is 2.29. The minimum atomic E-state index is 0.0190. The van der Waals surface area contributed by atoms with Crippen LogP contribution in [-0.2, 0) is 4.79 Å². The fraction of sp³-hybridized carbons (Fsp3) is 0.375. The molecule has 0 unspecified atom stereocenters. The summed E-state index contributed by atoms with van der Waals surface area (Å²) in [7, 11) is 3.29. The molecule has 1 heterocycles. The van der Waals surface area contributed by atoms with Crippen LogP contribution in [0.15, 0.2) is 48.5 Å². The Kier molecular flexibility index (Phi) is 7.60. The number of carbonyl (C=O) groups excluding carboxylic acids is 1. The monoisotopic (exact) mass is 410 g/mol. The molecule has 1 fully saturated rings. The average molecular weight is 411 g/mol. The maximum atomic E-state index is 12.6. The summed E-state index contributed by atoms with van der Waals surface area (Å²) in [6, 6.07) is 13.7. The van der Waals surface area contributed by atoms with E-state index in [-0.39, 0.29) is 5.91 Å². The largest absolute Gasteiger partial charge is 0.497 e. The zero-order chi connectivity index (χ0) is 21.3. The summed E-state index contributed by atoms with van der Waals surface area (Å²) in [5.41, 5.74) is 2.02. The molecule has 0 atom stereocenters. The van der Waals surface area contributed by atoms with Crippen molar-refractivity contribution in [1.82, 2.24) is 4.90 Å². The average Bonchev–Trinajstić information content (AvgIpc) is 2.81. The van der Waals surface area contributed by atoms with Gasteiger partial charge in [-0.2, -0.15) is 0 Å². The van der Waals surface area contributed by atoms with Crippen molar-refractivity contribution in [2.45, 2.75) is 13.3 Å². The van der Waals surface area contributed by atoms with E-state index in [1.807, 2.05) is 47.4 Å². The third-order valence-electron chi connectivity index (χ3n) is 5.08. The molecule has 2 aromatic carbocycles. The van der Waals surface area contributed by atoms with Crippen molar-refractivity contribution >= 4 is 17.7 Å². The zero-order valence-electron chi connectivity index (χ0n) is 18.0. The molecule has 0 spiro atoms. The second-order valence-corrected chi connectivity index (χ2v) is 7.11. The number of hydrogen-bond donors (Lipinski definition) is 0. The van der Waals surface area contributed by atoms with Gasteiger partial charge in [-0.1, -0.05) is 19.1 Å². The van der Waals surface area contributed by atoms with Gasteiger partial charge in [0.2, 0.25) is 5.91 Å². The standard InChI is InChI=1S/C24H30N2O4/c1-4-16-30-22-10-8-19(17-23(22)29-3)9-11-24(27)26-14-12-25(13-15-26)20-6-5-7-21(18-20)28-2/h5-11,17-18H,4,12-16H2,1-3H3/b11-9+. The molecule has 2 aromatic rings. The van der Waals surface area contributed by atoms with E-state index >= 15 is 0 Å². The Labute approximate surface area is 178 Å². The number of anilines is 1. The quantitative estimate of drug-likeness (QED) is 0.619. The summed E-state index contributed by atoms with van der Waals surface area (Å²) in [4.78, 5) is 16.8. The lowest BCUT2D eigenvalue weighted by Crippen LogP contribution is -2.48. The van der Waals surface area contributed by atoms with E-state index < -0.39 is 0 Å². The van der Waals surface area contributed by atoms with Gasteiger partial charge in [0, 0.05) is 44.0 Å². The molecule has 6 heteroatoms. The predicted octanol–water partition coefficient (Wildman–Crippen LogP) is 3.85. The molecule has 0 N–H and O–H groups in total. The molecule has 3 rings (SSSR count). The number of benzene rings is 2. The number of methoxy groups -OCH3 is 2. The number of rotatable bonds is 8. The van der Waals surface area contributed by atoms with Crippen molar-refractivity contribution in [3.63, 3.8) is 0 Å². The zero-order valence-corrected chi connectivity index (χ0v) is 18.0. The maximum Gasteiger partial charge on any atom is 0.246 e. The molecule has 0 bridgehead atoms. The highest BCUT2D eigenvalue weighted by Gasteiger charge is 2.20. The van der Waals surface area contributed by atoms with Crippen molar-refractivity contribution in [2.75, 3.05) is 51.9 Å². The van der Waals surface area contributed by atoms with Crippen molar-refractivity contribution in [1.29, 1.82) is 0 Å². The Morgan fingerprint density at radius 1 is 1.00 bits per heavy atom. The Bertz CT molecular complexity index is 873. The second-order valence-electron chi connectivity index (χ2n) is 7.11. The smallest absolute Gasteiger partial charge is 0.246 e. The first-order valence-corrected chi connectivity index (χ1v) is 10.3. The van der Waals surface area contributed by atoms with Gasteiger partial charge < -0.3 is 24.0 Å². The second kappa shape index (κ2) is 10.6. The topological polar surface area (TPSA) is 51.2 Å². The van der Waals surface area contributed by atoms with Crippen LogP contribution in [0, 0.1) is 0 Å². The molecule has 1 saturated heterocycles. The predicted molar refractivity (Wildman–Crippen MR) is 120 cm³/mol. The Morgan fingerprint density at radius 2 is 1.80 bits per heavy atom. The van der Waals surface area contributed by atoms with Crippen molar-refractivity contribution < 1.29 is 19.0 Å². The van der Waals surface area contributed by atoms with Crippen LogP contribution in [-0.4, -0.2) is 57.8 Å². The molecule has 0 saturated carbocycles. The number of nitrogens with zero attached hydrogens (tertiary/aromatic N) is 2. The van der Waals surface area contributed by atoms with Gasteiger partial charge in [-0.25, -0.2) is 0 Å². The van der Waals surface area contributed by atoms with Gasteiger partial charge in [0.1, 0.15) is 5.75 Å². The summed E-state index contributed by atoms with van der Waals surface area (Å²) in [6.07, 6.45) is 4.38. The van der Waals surface area contributed by atoms with E-state index in [1.165, 1.54) is 0 Å². The van der Waals surface area contributed by atoms with Crippen LogP contribution in [0.3, 0.4) is 0 Å². The number of ether oxygens (including phenoxy) is 3. The molecule has 30 heavy (non-hydrogen) atoms. The Morgan fingerprint density at radius 3 is 2.50 bits per heavy atom. The molecular formula is C24H30N2O4. The maximum absolute atomic E-state index is 12.6. The Hall–Kier alpha value is -3.15. The number of amides is 1. The molecule has 0 aromatic heterocycles. The number of piperazine rings is 1. The summed E-state index contributed by atoms with van der Waals surface area (Å²) in [6.45, 7) is 5.67. The van der Waals surface area contributed by atoms with E-state index in [1.54, 1.807) is 20.3 Å². The van der Waals surface area contributed by atoms with Gasteiger partial charge in [-0.3, -0.25) is 4.79 Å². The molecular weight excluding hydrogens is 380 g/mol. The van der Waals surface area contributed by atoms with Gasteiger partial charge in [0.05, 0.1) is 20.8 Å². The van der Waals surface area contributed by atoms with Crippen LogP contribution in [0.25, 0.3) is 6.08 Å². The lowest BCUT2D eigenvalue weighted by Gasteiger charge is -2.35. The van der Waals surface area contributed by atoms with Crippen LogP contribution >= 0.6 is 0 Å². The minimum absolute atomic E-state index is 0.0190.